The van der Waals surface area contributed by atoms with Crippen LogP contribution in [-0.2, 0) is 25.1 Å². The molecule has 2 aromatic rings. The second-order valence-corrected chi connectivity index (χ2v) is 12.1. The van der Waals surface area contributed by atoms with Crippen molar-refractivity contribution >= 4 is 21.8 Å². The second-order valence-electron chi connectivity index (χ2n) is 10.1. The number of sulfone groups is 1. The zero-order valence-corrected chi connectivity index (χ0v) is 21.0. The molecule has 0 N–H and O–H groups in total. The molecule has 0 aliphatic carbocycles. The van der Waals surface area contributed by atoms with Crippen LogP contribution in [0.1, 0.15) is 49.3 Å². The van der Waals surface area contributed by atoms with Crippen LogP contribution in [-0.4, -0.2) is 85.0 Å². The minimum atomic E-state index is -3.63. The van der Waals surface area contributed by atoms with Crippen LogP contribution in [0.25, 0.3) is 11.3 Å². The lowest BCUT2D eigenvalue weighted by atomic mass is 10.0. The van der Waals surface area contributed by atoms with E-state index in [1.807, 2.05) is 20.8 Å². The van der Waals surface area contributed by atoms with Gasteiger partial charge < -0.3 is 19.3 Å². The number of hydrogen-bond donors (Lipinski definition) is 0. The number of carbonyl (C=O) groups excluding carboxylic acids is 2. The summed E-state index contributed by atoms with van der Waals surface area (Å²) in [5.41, 5.74) is 1.16. The maximum absolute atomic E-state index is 13.5. The van der Waals surface area contributed by atoms with Gasteiger partial charge in [0, 0.05) is 37.3 Å². The van der Waals surface area contributed by atoms with Gasteiger partial charge in [0.25, 0.3) is 5.91 Å². The number of amides is 2. The van der Waals surface area contributed by atoms with Crippen molar-refractivity contribution in [2.24, 2.45) is 0 Å². The monoisotopic (exact) mass is 502 g/mol. The first-order chi connectivity index (χ1) is 16.5. The fraction of sp³-hybridized carbons (Fsp3) is 0.542. The smallest absolute Gasteiger partial charge is 0.410 e. The maximum Gasteiger partial charge on any atom is 0.410 e. The molecule has 2 amide bonds. The van der Waals surface area contributed by atoms with E-state index < -0.39 is 21.5 Å². The molecule has 0 spiro atoms. The molecule has 5 rings (SSSR count). The standard InChI is InChI=1S/C24H30N4O6S/c1-24(2,3)34-23(30)27-9-8-16(14-27)28-21-17-6-4-5-7-19(17)35(31,32)15-18(21)20(25-28)22(29)26-10-12-33-13-11-26/h4-7,16H,8-15H2,1-3H3. The van der Waals surface area contributed by atoms with Crippen molar-refractivity contribution in [2.75, 3.05) is 39.4 Å². The molecule has 0 radical (unpaired) electrons. The van der Waals surface area contributed by atoms with Crippen molar-refractivity contribution in [1.29, 1.82) is 0 Å². The Labute approximate surface area is 204 Å². The van der Waals surface area contributed by atoms with Gasteiger partial charge in [0.15, 0.2) is 15.5 Å². The van der Waals surface area contributed by atoms with Gasteiger partial charge >= 0.3 is 6.09 Å². The van der Waals surface area contributed by atoms with Gasteiger partial charge in [0.05, 0.1) is 35.6 Å². The van der Waals surface area contributed by atoms with Crippen molar-refractivity contribution in [3.05, 3.63) is 35.5 Å². The highest BCUT2D eigenvalue weighted by Gasteiger charge is 2.40. The minimum absolute atomic E-state index is 0.163. The summed E-state index contributed by atoms with van der Waals surface area (Å²) in [4.78, 5) is 29.7. The molecule has 11 heteroatoms. The summed E-state index contributed by atoms with van der Waals surface area (Å²) < 4.78 is 38.9. The van der Waals surface area contributed by atoms with Crippen LogP contribution in [0.4, 0.5) is 4.79 Å². The lowest BCUT2D eigenvalue weighted by molar-refractivity contribution is 0.0284. The Kier molecular flexibility index (Phi) is 5.87. The van der Waals surface area contributed by atoms with Gasteiger partial charge in [0.2, 0.25) is 0 Å². The highest BCUT2D eigenvalue weighted by molar-refractivity contribution is 7.90. The summed E-state index contributed by atoms with van der Waals surface area (Å²) in [5, 5.41) is 4.72. The zero-order chi connectivity index (χ0) is 25.0. The van der Waals surface area contributed by atoms with Gasteiger partial charge in [-0.3, -0.25) is 9.48 Å². The molecule has 2 fully saturated rings. The van der Waals surface area contributed by atoms with Crippen molar-refractivity contribution in [3.63, 3.8) is 0 Å². The Morgan fingerprint density at radius 1 is 1.09 bits per heavy atom. The Bertz CT molecular complexity index is 1270. The highest BCUT2D eigenvalue weighted by atomic mass is 32.2. The molecule has 1 unspecified atom stereocenters. The van der Waals surface area contributed by atoms with Gasteiger partial charge in [-0.1, -0.05) is 18.2 Å². The molecular formula is C24H30N4O6S. The molecule has 35 heavy (non-hydrogen) atoms. The van der Waals surface area contributed by atoms with Crippen LogP contribution < -0.4 is 0 Å². The Balaban J connectivity index is 1.56. The first kappa shape index (κ1) is 23.8. The molecule has 1 atom stereocenters. The van der Waals surface area contributed by atoms with E-state index >= 15 is 0 Å². The van der Waals surface area contributed by atoms with E-state index in [1.165, 1.54) is 0 Å². The van der Waals surface area contributed by atoms with Crippen molar-refractivity contribution in [1.82, 2.24) is 19.6 Å². The van der Waals surface area contributed by atoms with E-state index in [2.05, 4.69) is 0 Å². The van der Waals surface area contributed by atoms with E-state index in [4.69, 9.17) is 14.6 Å². The van der Waals surface area contributed by atoms with E-state index in [0.29, 0.717) is 62.6 Å². The summed E-state index contributed by atoms with van der Waals surface area (Å²) in [6.07, 6.45) is 0.224. The molecule has 1 aromatic heterocycles. The Morgan fingerprint density at radius 3 is 2.51 bits per heavy atom. The van der Waals surface area contributed by atoms with Crippen molar-refractivity contribution < 1.29 is 27.5 Å². The lowest BCUT2D eigenvalue weighted by Crippen LogP contribution is -2.41. The molecule has 188 valence electrons. The number of carbonyl (C=O) groups is 2. The number of morpholine rings is 1. The predicted octanol–water partition coefficient (Wildman–Crippen LogP) is 2.49. The number of benzene rings is 1. The largest absolute Gasteiger partial charge is 0.444 e. The van der Waals surface area contributed by atoms with Gasteiger partial charge in [-0.15, -0.1) is 0 Å². The third-order valence-corrected chi connectivity index (χ3v) is 8.18. The third-order valence-electron chi connectivity index (χ3n) is 6.48. The molecule has 2 saturated heterocycles. The predicted molar refractivity (Wildman–Crippen MR) is 127 cm³/mol. The number of likely N-dealkylation sites (tertiary alicyclic amines) is 1. The van der Waals surface area contributed by atoms with Crippen molar-refractivity contribution in [3.8, 4) is 11.3 Å². The summed E-state index contributed by atoms with van der Waals surface area (Å²) in [6.45, 7) is 8.05. The number of ether oxygens (including phenoxy) is 2. The SMILES string of the molecule is CC(C)(C)OC(=O)N1CCC(n2nc(C(=O)N3CCOCC3)c3c2-c2ccccc2S(=O)(=O)C3)C1. The fourth-order valence-corrected chi connectivity index (χ4v) is 6.47. The lowest BCUT2D eigenvalue weighted by Gasteiger charge is -2.26. The van der Waals surface area contributed by atoms with E-state index in [-0.39, 0.29) is 28.3 Å². The molecular weight excluding hydrogens is 472 g/mol. The molecule has 0 bridgehead atoms. The molecule has 4 heterocycles. The number of hydrogen-bond acceptors (Lipinski definition) is 7. The molecule has 0 saturated carbocycles. The second kappa shape index (κ2) is 8.63. The van der Waals surface area contributed by atoms with Crippen LogP contribution in [0.2, 0.25) is 0 Å². The van der Waals surface area contributed by atoms with E-state index in [0.717, 1.165) is 0 Å². The first-order valence-electron chi connectivity index (χ1n) is 11.8. The topological polar surface area (TPSA) is 111 Å². The van der Waals surface area contributed by atoms with E-state index in [1.54, 1.807) is 38.7 Å². The van der Waals surface area contributed by atoms with Gasteiger partial charge in [0.1, 0.15) is 5.60 Å². The molecule has 10 nitrogen and oxygen atoms in total. The maximum atomic E-state index is 13.5. The van der Waals surface area contributed by atoms with Crippen LogP contribution in [0.5, 0.6) is 0 Å². The number of aromatic nitrogens is 2. The normalized spacial score (nSPS) is 21.4. The van der Waals surface area contributed by atoms with Crippen LogP contribution in [0.3, 0.4) is 0 Å². The zero-order valence-electron chi connectivity index (χ0n) is 20.2. The minimum Gasteiger partial charge on any atom is -0.444 e. The summed E-state index contributed by atoms with van der Waals surface area (Å²) in [7, 11) is -3.63. The highest BCUT2D eigenvalue weighted by Crippen LogP contribution is 2.42. The molecule has 3 aliphatic rings. The third kappa shape index (κ3) is 4.42. The van der Waals surface area contributed by atoms with Gasteiger partial charge in [-0.05, 0) is 33.3 Å². The van der Waals surface area contributed by atoms with Crippen LogP contribution in [0, 0.1) is 0 Å². The summed E-state index contributed by atoms with van der Waals surface area (Å²) in [6, 6.07) is 6.62. The summed E-state index contributed by atoms with van der Waals surface area (Å²) in [5.74, 6) is -0.576. The number of nitrogens with zero attached hydrogens (tertiary/aromatic N) is 4. The van der Waals surface area contributed by atoms with Crippen molar-refractivity contribution in [2.45, 2.75) is 49.5 Å². The van der Waals surface area contributed by atoms with Gasteiger partial charge in [-0.25, -0.2) is 13.2 Å². The van der Waals surface area contributed by atoms with Crippen LogP contribution in [0.15, 0.2) is 29.2 Å². The van der Waals surface area contributed by atoms with Gasteiger partial charge in [-0.2, -0.15) is 5.10 Å². The van der Waals surface area contributed by atoms with E-state index in [9.17, 15) is 18.0 Å². The quantitative estimate of drug-likeness (QED) is 0.620. The summed E-state index contributed by atoms with van der Waals surface area (Å²) >= 11 is 0. The fourth-order valence-electron chi connectivity index (χ4n) is 4.88. The average Bonchev–Trinajstić information content (AvgIpc) is 3.43. The Hall–Kier alpha value is -2.92. The Morgan fingerprint density at radius 2 is 1.80 bits per heavy atom. The average molecular weight is 503 g/mol. The number of rotatable bonds is 2. The van der Waals surface area contributed by atoms with Crippen LogP contribution >= 0.6 is 0 Å². The molecule has 3 aliphatic heterocycles. The number of fused-ring (bicyclic) bond motifs is 3. The first-order valence-corrected chi connectivity index (χ1v) is 13.5. The molecule has 1 aromatic carbocycles.